The van der Waals surface area contributed by atoms with Crippen molar-refractivity contribution < 1.29 is 4.79 Å². The molecule has 30 heavy (non-hydrogen) atoms. The zero-order valence-electron chi connectivity index (χ0n) is 17.8. The average Bonchev–Trinajstić information content (AvgIpc) is 2.97. The van der Waals surface area contributed by atoms with E-state index in [0.29, 0.717) is 12.1 Å². The molecule has 2 aliphatic heterocycles. The van der Waals surface area contributed by atoms with Gasteiger partial charge in [-0.1, -0.05) is 53.6 Å². The Morgan fingerprint density at radius 3 is 2.60 bits per heavy atom. The number of nitrogens with zero attached hydrogens (tertiary/aromatic N) is 1. The van der Waals surface area contributed by atoms with Crippen molar-refractivity contribution in [3.05, 3.63) is 70.2 Å². The Labute approximate surface area is 189 Å². The third kappa shape index (κ3) is 4.87. The molecule has 2 bridgehead atoms. The molecular formula is C25H31ClN2OS. The van der Waals surface area contributed by atoms with E-state index in [0.717, 1.165) is 35.9 Å². The number of aryl methyl sites for hydroxylation is 1. The van der Waals surface area contributed by atoms with E-state index < -0.39 is 0 Å². The van der Waals surface area contributed by atoms with Gasteiger partial charge in [-0.3, -0.25) is 9.69 Å². The van der Waals surface area contributed by atoms with Gasteiger partial charge in [-0.05, 0) is 62.4 Å². The van der Waals surface area contributed by atoms with Gasteiger partial charge in [-0.15, -0.1) is 0 Å². The smallest absolute Gasteiger partial charge is 0.225 e. The van der Waals surface area contributed by atoms with E-state index in [2.05, 4.69) is 60.6 Å². The van der Waals surface area contributed by atoms with Crippen LogP contribution in [0.3, 0.4) is 0 Å². The number of benzene rings is 2. The van der Waals surface area contributed by atoms with Crippen molar-refractivity contribution in [1.82, 2.24) is 10.2 Å². The molecule has 0 aromatic heterocycles. The number of halogens is 1. The molecule has 2 aromatic carbocycles. The fourth-order valence-electron chi connectivity index (χ4n) is 5.12. The molecule has 160 valence electrons. The number of piperidine rings is 1. The zero-order chi connectivity index (χ0) is 21.1. The molecule has 4 unspecified atom stereocenters. The first kappa shape index (κ1) is 21.7. The van der Waals surface area contributed by atoms with Gasteiger partial charge in [0.15, 0.2) is 0 Å². The van der Waals surface area contributed by atoms with Crippen molar-refractivity contribution in [3.63, 3.8) is 0 Å². The van der Waals surface area contributed by atoms with Crippen LogP contribution in [0.25, 0.3) is 0 Å². The Kier molecular flexibility index (Phi) is 7.07. The lowest BCUT2D eigenvalue weighted by molar-refractivity contribution is -0.129. The van der Waals surface area contributed by atoms with Crippen LogP contribution in [0.15, 0.2) is 48.5 Å². The number of hydrogen-bond donors (Lipinski definition) is 1. The van der Waals surface area contributed by atoms with Crippen molar-refractivity contribution in [1.29, 1.82) is 0 Å². The topological polar surface area (TPSA) is 32.3 Å². The third-order valence-corrected chi connectivity index (χ3v) is 8.09. The Balaban J connectivity index is 1.35. The zero-order valence-corrected chi connectivity index (χ0v) is 19.4. The van der Waals surface area contributed by atoms with Gasteiger partial charge in [0.25, 0.3) is 0 Å². The first-order valence-corrected chi connectivity index (χ1v) is 12.4. The van der Waals surface area contributed by atoms with Crippen LogP contribution in [0.2, 0.25) is 5.02 Å². The van der Waals surface area contributed by atoms with Crippen LogP contribution in [0.1, 0.15) is 41.9 Å². The number of carbonyl (C=O) groups is 1. The molecule has 3 nitrogen and oxygen atoms in total. The minimum atomic E-state index is 0.0111. The summed E-state index contributed by atoms with van der Waals surface area (Å²) < 4.78 is 0. The van der Waals surface area contributed by atoms with Gasteiger partial charge in [0.05, 0.1) is 5.92 Å². The van der Waals surface area contributed by atoms with Crippen LogP contribution in [0, 0.1) is 12.8 Å². The molecular weight excluding hydrogens is 412 g/mol. The number of hydrogen-bond acceptors (Lipinski definition) is 3. The molecule has 4 rings (SSSR count). The molecule has 0 spiro atoms. The van der Waals surface area contributed by atoms with E-state index >= 15 is 0 Å². The molecule has 1 N–H and O–H groups in total. The van der Waals surface area contributed by atoms with E-state index in [9.17, 15) is 4.79 Å². The van der Waals surface area contributed by atoms with Crippen molar-refractivity contribution in [2.24, 2.45) is 5.92 Å². The molecule has 0 aliphatic carbocycles. The molecule has 0 radical (unpaired) electrons. The highest BCUT2D eigenvalue weighted by molar-refractivity contribution is 7.98. The minimum Gasteiger partial charge on any atom is -0.355 e. The second kappa shape index (κ2) is 9.76. The van der Waals surface area contributed by atoms with E-state index in [4.69, 9.17) is 11.6 Å². The maximum atomic E-state index is 13.3. The summed E-state index contributed by atoms with van der Waals surface area (Å²) in [7, 11) is 2.19. The number of rotatable bonds is 7. The predicted octanol–water partition coefficient (Wildman–Crippen LogP) is 5.26. The maximum absolute atomic E-state index is 13.3. The summed E-state index contributed by atoms with van der Waals surface area (Å²) in [5.74, 6) is 2.41. The first-order valence-electron chi connectivity index (χ1n) is 10.9. The van der Waals surface area contributed by atoms with E-state index in [-0.39, 0.29) is 17.7 Å². The largest absolute Gasteiger partial charge is 0.355 e. The summed E-state index contributed by atoms with van der Waals surface area (Å²) in [6, 6.07) is 17.7. The van der Waals surface area contributed by atoms with Crippen molar-refractivity contribution in [3.8, 4) is 0 Å². The van der Waals surface area contributed by atoms with Crippen molar-refractivity contribution in [2.45, 2.75) is 49.9 Å². The first-order chi connectivity index (χ1) is 14.5. The lowest BCUT2D eigenvalue weighted by atomic mass is 9.75. The van der Waals surface area contributed by atoms with Gasteiger partial charge in [0.1, 0.15) is 0 Å². The van der Waals surface area contributed by atoms with Gasteiger partial charge in [-0.2, -0.15) is 11.8 Å². The summed E-state index contributed by atoms with van der Waals surface area (Å²) in [6.07, 6.45) is 3.36. The normalized spacial score (nSPS) is 26.0. The Hall–Kier alpha value is -1.49. The molecule has 5 heteroatoms. The van der Waals surface area contributed by atoms with Gasteiger partial charge in [0, 0.05) is 35.2 Å². The highest BCUT2D eigenvalue weighted by atomic mass is 35.5. The van der Waals surface area contributed by atoms with E-state index in [1.165, 1.54) is 23.1 Å². The third-order valence-electron chi connectivity index (χ3n) is 6.80. The monoisotopic (exact) mass is 442 g/mol. The number of amides is 1. The molecule has 2 aliphatic rings. The summed E-state index contributed by atoms with van der Waals surface area (Å²) in [5.41, 5.74) is 3.88. The summed E-state index contributed by atoms with van der Waals surface area (Å²) >= 11 is 7.98. The number of fused-ring (bicyclic) bond motifs is 2. The predicted molar refractivity (Wildman–Crippen MR) is 127 cm³/mol. The second-order valence-corrected chi connectivity index (χ2v) is 10.3. The fraction of sp³-hybridized carbons (Fsp3) is 0.480. The van der Waals surface area contributed by atoms with E-state index in [1.54, 1.807) is 0 Å². The SMILES string of the molecule is Cc1ccc(CSCCNC(=O)C2C(c3ccc(Cl)cc3)CC3CCC2N3C)cc1. The van der Waals surface area contributed by atoms with Crippen molar-refractivity contribution >= 4 is 29.3 Å². The molecule has 2 saturated heterocycles. The standard InChI is InChI=1S/C25H31ClN2OS/c1-17-3-5-18(6-4-17)16-30-14-13-27-25(29)24-22(19-7-9-20(26)10-8-19)15-21-11-12-23(24)28(21)2/h3-10,21-24H,11-16H2,1-2H3,(H,27,29). The molecule has 2 heterocycles. The average molecular weight is 443 g/mol. The molecule has 4 atom stereocenters. The van der Waals surface area contributed by atoms with Crippen LogP contribution >= 0.6 is 23.4 Å². The number of carbonyl (C=O) groups excluding carboxylic acids is 1. The molecule has 2 fully saturated rings. The maximum Gasteiger partial charge on any atom is 0.225 e. The van der Waals surface area contributed by atoms with Gasteiger partial charge in [0.2, 0.25) is 5.91 Å². The molecule has 0 saturated carbocycles. The number of nitrogens with one attached hydrogen (secondary N) is 1. The van der Waals surface area contributed by atoms with E-state index in [1.807, 2.05) is 23.9 Å². The summed E-state index contributed by atoms with van der Waals surface area (Å²) in [6.45, 7) is 2.83. The number of thioether (sulfide) groups is 1. The Morgan fingerprint density at radius 1 is 1.13 bits per heavy atom. The van der Waals surface area contributed by atoms with Crippen LogP contribution in [0.5, 0.6) is 0 Å². The Bertz CT molecular complexity index is 854. The summed E-state index contributed by atoms with van der Waals surface area (Å²) in [5, 5.41) is 4.00. The van der Waals surface area contributed by atoms with Gasteiger partial charge >= 0.3 is 0 Å². The highest BCUT2D eigenvalue weighted by Crippen LogP contribution is 2.46. The highest BCUT2D eigenvalue weighted by Gasteiger charge is 2.48. The summed E-state index contributed by atoms with van der Waals surface area (Å²) in [4.78, 5) is 15.7. The fourth-order valence-corrected chi connectivity index (χ4v) is 6.06. The van der Waals surface area contributed by atoms with Crippen LogP contribution in [-0.2, 0) is 10.5 Å². The molecule has 2 aromatic rings. The second-order valence-electron chi connectivity index (χ2n) is 8.71. The lowest BCUT2D eigenvalue weighted by Crippen LogP contribution is -2.51. The van der Waals surface area contributed by atoms with Crippen LogP contribution in [-0.4, -0.2) is 42.2 Å². The van der Waals surface area contributed by atoms with Gasteiger partial charge < -0.3 is 5.32 Å². The van der Waals surface area contributed by atoms with Gasteiger partial charge in [-0.25, -0.2) is 0 Å². The molecule has 1 amide bonds. The van der Waals surface area contributed by atoms with Crippen LogP contribution < -0.4 is 5.32 Å². The Morgan fingerprint density at radius 2 is 1.87 bits per heavy atom. The van der Waals surface area contributed by atoms with Crippen LogP contribution in [0.4, 0.5) is 0 Å². The minimum absolute atomic E-state index is 0.0111. The quantitative estimate of drug-likeness (QED) is 0.593. The van der Waals surface area contributed by atoms with Crippen molar-refractivity contribution in [2.75, 3.05) is 19.3 Å². The lowest BCUT2D eigenvalue weighted by Gasteiger charge is -2.42.